The van der Waals surface area contributed by atoms with Crippen molar-refractivity contribution >= 4 is 29.9 Å². The average Bonchev–Trinajstić information content (AvgIpc) is 3.30. The lowest BCUT2D eigenvalue weighted by Gasteiger charge is -2.17. The number of hydrogen-bond acceptors (Lipinski definition) is 1. The minimum Gasteiger partial charge on any atom is -0.370 e. The van der Waals surface area contributed by atoms with Gasteiger partial charge in [-0.3, -0.25) is 4.99 Å². The Bertz CT molecular complexity index is 542. The fourth-order valence-electron chi connectivity index (χ4n) is 2.32. The Kier molecular flexibility index (Phi) is 7.16. The molecule has 0 heterocycles. The maximum Gasteiger partial charge on any atom is 0.416 e. The van der Waals surface area contributed by atoms with Gasteiger partial charge >= 0.3 is 6.18 Å². The quantitative estimate of drug-likeness (QED) is 0.422. The van der Waals surface area contributed by atoms with Gasteiger partial charge < -0.3 is 10.6 Å². The van der Waals surface area contributed by atoms with Crippen molar-refractivity contribution in [3.05, 3.63) is 35.4 Å². The number of nitrogens with two attached hydrogens (primary N) is 1. The molecular weight excluding hydrogens is 418 g/mol. The van der Waals surface area contributed by atoms with E-state index in [-0.39, 0.29) is 29.9 Å². The number of halogens is 4. The molecule has 0 saturated heterocycles. The number of hydrogen-bond donors (Lipinski definition) is 1. The summed E-state index contributed by atoms with van der Waals surface area (Å²) in [5.41, 5.74) is 5.97. The number of guanidine groups is 1. The molecule has 0 amide bonds. The standard InChI is InChI=1S/C16H22F3N3.HI/c1-11(8-9-21-15(20)22(2)14-6-7-14)12-4-3-5-13(10-12)16(17,18)19;/h3-5,10-11,14H,6-9H2,1-2H3,(H2,20,21);1H. The van der Waals surface area contributed by atoms with Crippen molar-refractivity contribution in [1.82, 2.24) is 4.90 Å². The van der Waals surface area contributed by atoms with Crippen LogP contribution in [0.1, 0.15) is 43.2 Å². The summed E-state index contributed by atoms with van der Waals surface area (Å²) in [5.74, 6) is 0.517. The maximum atomic E-state index is 12.7. The van der Waals surface area contributed by atoms with Gasteiger partial charge in [0.25, 0.3) is 0 Å². The number of nitrogens with zero attached hydrogens (tertiary/aromatic N) is 2. The minimum absolute atomic E-state index is 0. The predicted molar refractivity (Wildman–Crippen MR) is 97.2 cm³/mol. The monoisotopic (exact) mass is 441 g/mol. The Hall–Kier alpha value is -0.990. The lowest BCUT2D eigenvalue weighted by atomic mass is 9.96. The third kappa shape index (κ3) is 5.86. The van der Waals surface area contributed by atoms with Gasteiger partial charge in [0.05, 0.1) is 5.56 Å². The summed E-state index contributed by atoms with van der Waals surface area (Å²) in [6, 6.07) is 5.99. The second-order valence-electron chi connectivity index (χ2n) is 5.89. The van der Waals surface area contributed by atoms with Gasteiger partial charge in [0.1, 0.15) is 0 Å². The van der Waals surface area contributed by atoms with Crippen LogP contribution in [0.5, 0.6) is 0 Å². The minimum atomic E-state index is -4.30. The lowest BCUT2D eigenvalue weighted by Crippen LogP contribution is -2.35. The molecule has 1 saturated carbocycles. The van der Waals surface area contributed by atoms with E-state index in [1.165, 1.54) is 12.1 Å². The molecule has 2 rings (SSSR count). The lowest BCUT2D eigenvalue weighted by molar-refractivity contribution is -0.137. The van der Waals surface area contributed by atoms with E-state index >= 15 is 0 Å². The Morgan fingerprint density at radius 2 is 2.04 bits per heavy atom. The highest BCUT2D eigenvalue weighted by atomic mass is 127. The molecule has 7 heteroatoms. The molecule has 0 radical (unpaired) electrons. The fraction of sp³-hybridized carbons (Fsp3) is 0.562. The first kappa shape index (κ1) is 20.1. The van der Waals surface area contributed by atoms with Gasteiger partial charge in [-0.2, -0.15) is 13.2 Å². The van der Waals surface area contributed by atoms with E-state index in [0.717, 1.165) is 18.9 Å². The van der Waals surface area contributed by atoms with Gasteiger partial charge in [-0.1, -0.05) is 25.1 Å². The molecule has 1 aliphatic carbocycles. The predicted octanol–water partition coefficient (Wildman–Crippen LogP) is 4.23. The molecule has 23 heavy (non-hydrogen) atoms. The summed E-state index contributed by atoms with van der Waals surface area (Å²) < 4.78 is 38.1. The van der Waals surface area contributed by atoms with E-state index in [2.05, 4.69) is 4.99 Å². The first-order valence-electron chi connectivity index (χ1n) is 7.49. The van der Waals surface area contributed by atoms with Crippen molar-refractivity contribution < 1.29 is 13.2 Å². The van der Waals surface area contributed by atoms with Gasteiger partial charge in [0.15, 0.2) is 5.96 Å². The highest BCUT2D eigenvalue weighted by Crippen LogP contribution is 2.31. The molecule has 1 fully saturated rings. The van der Waals surface area contributed by atoms with Gasteiger partial charge in [-0.25, -0.2) is 0 Å². The molecule has 1 aromatic rings. The summed E-state index contributed by atoms with van der Waals surface area (Å²) in [5, 5.41) is 0. The molecule has 130 valence electrons. The zero-order valence-electron chi connectivity index (χ0n) is 13.3. The van der Waals surface area contributed by atoms with Gasteiger partial charge in [-0.15, -0.1) is 24.0 Å². The number of aliphatic imine (C=N–C) groups is 1. The Labute approximate surface area is 152 Å². The zero-order chi connectivity index (χ0) is 16.3. The summed E-state index contributed by atoms with van der Waals surface area (Å²) in [6.07, 6.45) is -1.34. The van der Waals surface area contributed by atoms with Crippen molar-refractivity contribution in [1.29, 1.82) is 0 Å². The normalized spacial score (nSPS) is 16.7. The summed E-state index contributed by atoms with van der Waals surface area (Å²) in [7, 11) is 1.92. The van der Waals surface area contributed by atoms with Gasteiger partial charge in [0, 0.05) is 19.6 Å². The first-order valence-corrected chi connectivity index (χ1v) is 7.49. The Morgan fingerprint density at radius 3 is 2.61 bits per heavy atom. The number of alkyl halides is 3. The molecule has 0 bridgehead atoms. The van der Waals surface area contributed by atoms with Crippen molar-refractivity contribution in [3.63, 3.8) is 0 Å². The summed E-state index contributed by atoms with van der Waals surface area (Å²) >= 11 is 0. The van der Waals surface area contributed by atoms with Gasteiger partial charge in [0.2, 0.25) is 0 Å². The van der Waals surface area contributed by atoms with Crippen LogP contribution >= 0.6 is 24.0 Å². The molecule has 0 aromatic heterocycles. The molecule has 2 N–H and O–H groups in total. The molecular formula is C16H23F3IN3. The summed E-state index contributed by atoms with van der Waals surface area (Å²) in [6.45, 7) is 2.42. The highest BCUT2D eigenvalue weighted by molar-refractivity contribution is 14.0. The van der Waals surface area contributed by atoms with E-state index in [9.17, 15) is 13.2 Å². The third-order valence-corrected chi connectivity index (χ3v) is 4.07. The second kappa shape index (κ2) is 8.21. The average molecular weight is 441 g/mol. The van der Waals surface area contributed by atoms with Crippen molar-refractivity contribution in [2.45, 2.75) is 44.3 Å². The Morgan fingerprint density at radius 1 is 1.39 bits per heavy atom. The van der Waals surface area contributed by atoms with E-state index in [1.807, 2.05) is 18.9 Å². The molecule has 1 atom stereocenters. The van der Waals surface area contributed by atoms with Crippen LogP contribution in [0, 0.1) is 0 Å². The molecule has 0 spiro atoms. The molecule has 1 aromatic carbocycles. The van der Waals surface area contributed by atoms with Crippen LogP contribution in [-0.2, 0) is 6.18 Å². The van der Waals surface area contributed by atoms with Crippen LogP contribution in [0.15, 0.2) is 29.3 Å². The number of rotatable bonds is 5. The molecule has 3 nitrogen and oxygen atoms in total. The summed E-state index contributed by atoms with van der Waals surface area (Å²) in [4.78, 5) is 6.29. The third-order valence-electron chi connectivity index (χ3n) is 4.07. The van der Waals surface area contributed by atoms with Crippen LogP contribution in [0.4, 0.5) is 13.2 Å². The molecule has 0 aliphatic heterocycles. The smallest absolute Gasteiger partial charge is 0.370 e. The van der Waals surface area contributed by atoms with Crippen LogP contribution in [0.3, 0.4) is 0 Å². The van der Waals surface area contributed by atoms with E-state index < -0.39 is 11.7 Å². The van der Waals surface area contributed by atoms with Crippen molar-refractivity contribution in [2.75, 3.05) is 13.6 Å². The topological polar surface area (TPSA) is 41.6 Å². The van der Waals surface area contributed by atoms with E-state index in [1.54, 1.807) is 6.07 Å². The second-order valence-corrected chi connectivity index (χ2v) is 5.89. The van der Waals surface area contributed by atoms with Crippen molar-refractivity contribution in [2.24, 2.45) is 10.7 Å². The van der Waals surface area contributed by atoms with Crippen LogP contribution in [0.25, 0.3) is 0 Å². The Balaban J connectivity index is 0.00000264. The largest absolute Gasteiger partial charge is 0.416 e. The van der Waals surface area contributed by atoms with Crippen molar-refractivity contribution in [3.8, 4) is 0 Å². The van der Waals surface area contributed by atoms with E-state index in [4.69, 9.17) is 5.73 Å². The van der Waals surface area contributed by atoms with Crippen LogP contribution in [-0.4, -0.2) is 30.5 Å². The SMILES string of the molecule is CC(CCN=C(N)N(C)C1CC1)c1cccc(C(F)(F)F)c1.I. The van der Waals surface area contributed by atoms with Crippen LogP contribution < -0.4 is 5.73 Å². The van der Waals surface area contributed by atoms with Crippen LogP contribution in [0.2, 0.25) is 0 Å². The fourth-order valence-corrected chi connectivity index (χ4v) is 2.32. The highest BCUT2D eigenvalue weighted by Gasteiger charge is 2.30. The van der Waals surface area contributed by atoms with E-state index in [0.29, 0.717) is 30.5 Å². The first-order chi connectivity index (χ1) is 10.3. The zero-order valence-corrected chi connectivity index (χ0v) is 15.6. The van der Waals surface area contributed by atoms with Gasteiger partial charge in [-0.05, 0) is 36.8 Å². The maximum absolute atomic E-state index is 12.7. The molecule has 1 unspecified atom stereocenters. The molecule has 1 aliphatic rings. The number of benzene rings is 1.